The van der Waals surface area contributed by atoms with Gasteiger partial charge in [0.1, 0.15) is 12.4 Å². The number of benzene rings is 2. The molecule has 1 amide bonds. The van der Waals surface area contributed by atoms with Crippen molar-refractivity contribution < 1.29 is 19.0 Å². The van der Waals surface area contributed by atoms with Crippen molar-refractivity contribution in [2.75, 3.05) is 20.3 Å². The lowest BCUT2D eigenvalue weighted by atomic mass is 9.79. The molecule has 3 rings (SSSR count). The lowest BCUT2D eigenvalue weighted by Crippen LogP contribution is -2.62. The number of nitrogens with one attached hydrogen (secondary N) is 1. The van der Waals surface area contributed by atoms with Gasteiger partial charge in [-0.05, 0) is 36.6 Å². The monoisotopic (exact) mass is 386 g/mol. The zero-order valence-corrected chi connectivity index (χ0v) is 16.3. The summed E-state index contributed by atoms with van der Waals surface area (Å²) in [5, 5.41) is 14.0. The predicted octanol–water partition coefficient (Wildman–Crippen LogP) is 2.65. The van der Waals surface area contributed by atoms with Crippen molar-refractivity contribution in [3.8, 4) is 0 Å². The van der Waals surface area contributed by atoms with Crippen LogP contribution >= 0.6 is 0 Å². The van der Waals surface area contributed by atoms with Gasteiger partial charge < -0.3 is 15.2 Å². The van der Waals surface area contributed by atoms with Gasteiger partial charge in [-0.15, -0.1) is 0 Å². The molecule has 0 aromatic heterocycles. The second-order valence-corrected chi connectivity index (χ2v) is 7.54. The molecule has 5 nitrogen and oxygen atoms in total. The summed E-state index contributed by atoms with van der Waals surface area (Å²) in [5.41, 5.74) is 0.918. The Morgan fingerprint density at radius 1 is 1.25 bits per heavy atom. The molecule has 0 bridgehead atoms. The molecule has 0 saturated carbocycles. The highest BCUT2D eigenvalue weighted by Gasteiger charge is 2.46. The summed E-state index contributed by atoms with van der Waals surface area (Å²) in [4.78, 5) is 14.5. The van der Waals surface area contributed by atoms with E-state index in [1.165, 1.54) is 19.2 Å². The van der Waals surface area contributed by atoms with E-state index in [2.05, 4.69) is 10.2 Å². The summed E-state index contributed by atoms with van der Waals surface area (Å²) < 4.78 is 18.2. The van der Waals surface area contributed by atoms with Crippen molar-refractivity contribution in [3.63, 3.8) is 0 Å². The molecule has 1 heterocycles. The summed E-state index contributed by atoms with van der Waals surface area (Å²) in [6.07, 6.45) is 0.509. The van der Waals surface area contributed by atoms with Crippen LogP contribution in [-0.2, 0) is 16.1 Å². The maximum Gasteiger partial charge on any atom is 0.246 e. The van der Waals surface area contributed by atoms with Crippen LogP contribution in [0.25, 0.3) is 0 Å². The second kappa shape index (κ2) is 8.82. The molecular weight excluding hydrogens is 359 g/mol. The molecule has 0 spiro atoms. The number of carbonyl (C=O) groups excluding carboxylic acids is 1. The van der Waals surface area contributed by atoms with Gasteiger partial charge in [-0.1, -0.05) is 42.5 Å². The fraction of sp³-hybridized carbons (Fsp3) is 0.409. The molecular formula is C22H27FN2O3. The molecule has 6 heteroatoms. The molecule has 3 atom stereocenters. The molecule has 1 fully saturated rings. The van der Waals surface area contributed by atoms with Gasteiger partial charge >= 0.3 is 0 Å². The summed E-state index contributed by atoms with van der Waals surface area (Å²) in [6.45, 7) is 2.94. The van der Waals surface area contributed by atoms with Gasteiger partial charge in [0.05, 0.1) is 17.7 Å². The fourth-order valence-corrected chi connectivity index (χ4v) is 3.85. The molecule has 2 aromatic carbocycles. The van der Waals surface area contributed by atoms with Gasteiger partial charge in [-0.3, -0.25) is 9.69 Å². The third kappa shape index (κ3) is 4.76. The maximum atomic E-state index is 13.3. The third-order valence-electron chi connectivity index (χ3n) is 5.32. The van der Waals surface area contributed by atoms with Crippen LogP contribution in [0.15, 0.2) is 54.6 Å². The van der Waals surface area contributed by atoms with Crippen LogP contribution in [0, 0.1) is 5.82 Å². The highest BCUT2D eigenvalue weighted by atomic mass is 19.1. The van der Waals surface area contributed by atoms with Crippen LogP contribution in [0.5, 0.6) is 0 Å². The minimum Gasteiger partial charge on any atom is -0.388 e. The first kappa shape index (κ1) is 20.5. The zero-order chi connectivity index (χ0) is 20.1. The normalized spacial score (nSPS) is 25.4. The average molecular weight is 386 g/mol. The summed E-state index contributed by atoms with van der Waals surface area (Å²) in [5.74, 6) is -0.535. The molecule has 0 radical (unpaired) electrons. The van der Waals surface area contributed by atoms with E-state index >= 15 is 0 Å². The Morgan fingerprint density at radius 3 is 2.57 bits per heavy atom. The molecule has 28 heavy (non-hydrogen) atoms. The van der Waals surface area contributed by atoms with E-state index in [1.54, 1.807) is 19.1 Å². The van der Waals surface area contributed by atoms with Crippen molar-refractivity contribution in [3.05, 3.63) is 71.5 Å². The van der Waals surface area contributed by atoms with Crippen molar-refractivity contribution in [1.29, 1.82) is 0 Å². The first-order chi connectivity index (χ1) is 13.4. The number of aliphatic hydroxyl groups is 1. The minimum atomic E-state index is -1.07. The topological polar surface area (TPSA) is 61.8 Å². The van der Waals surface area contributed by atoms with Crippen LogP contribution in [0.4, 0.5) is 4.39 Å². The van der Waals surface area contributed by atoms with Gasteiger partial charge in [0, 0.05) is 20.2 Å². The quantitative estimate of drug-likeness (QED) is 0.801. The lowest BCUT2D eigenvalue weighted by Gasteiger charge is -2.49. The number of methoxy groups -OCH3 is 1. The number of hydrogen-bond donors (Lipinski definition) is 2. The molecule has 1 aliphatic rings. The minimum absolute atomic E-state index is 0.0634. The summed E-state index contributed by atoms with van der Waals surface area (Å²) in [6, 6.07) is 15.5. The van der Waals surface area contributed by atoms with Crippen LogP contribution < -0.4 is 5.32 Å². The van der Waals surface area contributed by atoms with Crippen molar-refractivity contribution in [1.82, 2.24) is 10.2 Å². The van der Waals surface area contributed by atoms with E-state index in [0.29, 0.717) is 19.5 Å². The van der Waals surface area contributed by atoms with Gasteiger partial charge in [-0.25, -0.2) is 4.39 Å². The van der Waals surface area contributed by atoms with Crippen LogP contribution in [0.1, 0.15) is 30.5 Å². The fourth-order valence-electron chi connectivity index (χ4n) is 3.85. The summed E-state index contributed by atoms with van der Waals surface area (Å²) >= 11 is 0. The molecule has 2 N–H and O–H groups in total. The van der Waals surface area contributed by atoms with Crippen LogP contribution in [0.3, 0.4) is 0 Å². The van der Waals surface area contributed by atoms with Gasteiger partial charge in [0.15, 0.2) is 0 Å². The lowest BCUT2D eigenvalue weighted by molar-refractivity contribution is -0.132. The van der Waals surface area contributed by atoms with Gasteiger partial charge in [0.2, 0.25) is 5.91 Å². The van der Waals surface area contributed by atoms with E-state index < -0.39 is 11.6 Å². The van der Waals surface area contributed by atoms with E-state index in [1.807, 2.05) is 30.3 Å². The number of hydrogen-bond acceptors (Lipinski definition) is 4. The largest absolute Gasteiger partial charge is 0.388 e. The van der Waals surface area contributed by atoms with E-state index in [9.17, 15) is 14.3 Å². The number of halogens is 1. The number of amides is 1. The number of ether oxygens (including phenoxy) is 1. The maximum absolute atomic E-state index is 13.3. The number of nitrogens with zero attached hydrogens (tertiary/aromatic N) is 1. The molecule has 2 aromatic rings. The van der Waals surface area contributed by atoms with E-state index in [-0.39, 0.29) is 24.4 Å². The van der Waals surface area contributed by atoms with Crippen molar-refractivity contribution in [2.45, 2.75) is 37.6 Å². The first-order valence-electron chi connectivity index (χ1n) is 9.45. The molecule has 1 saturated heterocycles. The Hall–Kier alpha value is -2.28. The molecule has 1 aliphatic heterocycles. The van der Waals surface area contributed by atoms with Gasteiger partial charge in [0.25, 0.3) is 0 Å². The smallest absolute Gasteiger partial charge is 0.246 e. The Balaban J connectivity index is 1.93. The van der Waals surface area contributed by atoms with Gasteiger partial charge in [-0.2, -0.15) is 0 Å². The molecule has 3 unspecified atom stereocenters. The van der Waals surface area contributed by atoms with Crippen LogP contribution in [-0.4, -0.2) is 47.8 Å². The Labute approximate surface area is 165 Å². The third-order valence-corrected chi connectivity index (χ3v) is 5.32. The average Bonchev–Trinajstić information content (AvgIpc) is 2.67. The number of carbonyl (C=O) groups is 1. The predicted molar refractivity (Wildman–Crippen MR) is 105 cm³/mol. The Kier molecular flexibility index (Phi) is 6.44. The number of likely N-dealkylation sites (tertiary alicyclic amines) is 1. The van der Waals surface area contributed by atoms with E-state index in [0.717, 1.165) is 11.1 Å². The highest BCUT2D eigenvalue weighted by molar-refractivity contribution is 5.77. The van der Waals surface area contributed by atoms with Crippen molar-refractivity contribution in [2.24, 2.45) is 0 Å². The first-order valence-corrected chi connectivity index (χ1v) is 9.45. The Bertz CT molecular complexity index is 780. The second-order valence-electron chi connectivity index (χ2n) is 7.54. The SMILES string of the molecule is COCC(=O)NC1C(c2ccccc2)N(Cc2ccc(F)cc2)CCC1(C)O. The van der Waals surface area contributed by atoms with E-state index in [4.69, 9.17) is 4.74 Å². The van der Waals surface area contributed by atoms with Crippen LogP contribution in [0.2, 0.25) is 0 Å². The Morgan fingerprint density at radius 2 is 1.93 bits per heavy atom. The molecule has 0 aliphatic carbocycles. The number of piperidine rings is 1. The molecule has 150 valence electrons. The zero-order valence-electron chi connectivity index (χ0n) is 16.3. The highest BCUT2D eigenvalue weighted by Crippen LogP contribution is 2.37. The number of rotatable bonds is 6. The summed E-state index contributed by atoms with van der Waals surface area (Å²) in [7, 11) is 1.47. The standard InChI is InChI=1S/C22H27FN2O3/c1-22(27)12-13-25(14-16-8-10-18(23)11-9-16)20(17-6-4-3-5-7-17)21(22)24-19(26)15-28-2/h3-11,20-21,27H,12-15H2,1-2H3,(H,24,26). The van der Waals surface area contributed by atoms with Crippen molar-refractivity contribution >= 4 is 5.91 Å².